The van der Waals surface area contributed by atoms with E-state index in [1.807, 2.05) is 37.4 Å². The summed E-state index contributed by atoms with van der Waals surface area (Å²) in [5.41, 5.74) is 2.62. The number of amides is 1. The molecule has 5 rings (SSSR count). The third kappa shape index (κ3) is 5.38. The molecule has 3 aliphatic rings. The quantitative estimate of drug-likeness (QED) is 0.608. The second-order valence-electron chi connectivity index (χ2n) is 10.1. The number of ether oxygens (including phenoxy) is 2. The van der Waals surface area contributed by atoms with Crippen molar-refractivity contribution in [2.75, 3.05) is 24.7 Å². The number of nitrogens with one attached hydrogen (secondary N) is 1. The van der Waals surface area contributed by atoms with Crippen LogP contribution < -0.4 is 15.0 Å². The van der Waals surface area contributed by atoms with Crippen molar-refractivity contribution in [1.29, 1.82) is 0 Å². The lowest BCUT2D eigenvalue weighted by Gasteiger charge is -2.33. The first kappa shape index (κ1) is 23.2. The maximum Gasteiger partial charge on any atom is 0.255 e. The van der Waals surface area contributed by atoms with Crippen LogP contribution in [0.3, 0.4) is 0 Å². The first-order chi connectivity index (χ1) is 16.7. The summed E-state index contributed by atoms with van der Waals surface area (Å²) < 4.78 is 12.2. The Bertz CT molecular complexity index is 963. The summed E-state index contributed by atoms with van der Waals surface area (Å²) in [5, 5.41) is 3.26. The summed E-state index contributed by atoms with van der Waals surface area (Å²) in [6.45, 7) is 4.18. The van der Waals surface area contributed by atoms with E-state index in [1.54, 1.807) is 0 Å². The predicted molar refractivity (Wildman–Crippen MR) is 134 cm³/mol. The van der Waals surface area contributed by atoms with E-state index in [0.29, 0.717) is 30.6 Å². The molecule has 2 heterocycles. The van der Waals surface area contributed by atoms with E-state index in [2.05, 4.69) is 21.3 Å². The van der Waals surface area contributed by atoms with Crippen LogP contribution in [0.25, 0.3) is 0 Å². The molecule has 0 atom stereocenters. The normalized spacial score (nSPS) is 23.1. The highest BCUT2D eigenvalue weighted by Gasteiger charge is 2.28. The van der Waals surface area contributed by atoms with Crippen LogP contribution in [-0.4, -0.2) is 42.8 Å². The number of benzene rings is 1. The summed E-state index contributed by atoms with van der Waals surface area (Å²) >= 11 is 0. The summed E-state index contributed by atoms with van der Waals surface area (Å²) in [6, 6.07) is 10.1. The van der Waals surface area contributed by atoms with Gasteiger partial charge in [-0.15, -0.1) is 0 Å². The molecule has 0 saturated heterocycles. The Labute approximate surface area is 203 Å². The number of anilines is 2. The van der Waals surface area contributed by atoms with Gasteiger partial charge in [0, 0.05) is 18.8 Å². The molecule has 6 heteroatoms. The Morgan fingerprint density at radius 1 is 1.09 bits per heavy atom. The molecule has 0 bridgehead atoms. The molecule has 0 radical (unpaired) electrons. The second kappa shape index (κ2) is 10.8. The van der Waals surface area contributed by atoms with Crippen LogP contribution in [0.1, 0.15) is 73.7 Å². The van der Waals surface area contributed by atoms with Gasteiger partial charge in [-0.3, -0.25) is 4.79 Å². The first-order valence-electron chi connectivity index (χ1n) is 13.1. The molecule has 2 fully saturated rings. The highest BCUT2D eigenvalue weighted by molar-refractivity contribution is 5.99. The molecule has 1 aromatic heterocycles. The number of rotatable bonds is 6. The van der Waals surface area contributed by atoms with Crippen molar-refractivity contribution >= 4 is 17.4 Å². The maximum atomic E-state index is 13.2. The Morgan fingerprint density at radius 3 is 2.68 bits per heavy atom. The van der Waals surface area contributed by atoms with Gasteiger partial charge < -0.3 is 19.7 Å². The second-order valence-corrected chi connectivity index (χ2v) is 10.1. The molecule has 1 aromatic carbocycles. The molecular formula is C28H37N3O3. The zero-order valence-electron chi connectivity index (χ0n) is 20.3. The molecule has 34 heavy (non-hydrogen) atoms. The molecule has 2 saturated carbocycles. The monoisotopic (exact) mass is 463 g/mol. The third-order valence-corrected chi connectivity index (χ3v) is 7.57. The number of aromatic nitrogens is 1. The summed E-state index contributed by atoms with van der Waals surface area (Å²) in [5.74, 6) is 2.23. The lowest BCUT2D eigenvalue weighted by molar-refractivity contribution is -0.00313. The van der Waals surface area contributed by atoms with Gasteiger partial charge >= 0.3 is 0 Å². The average Bonchev–Trinajstić information content (AvgIpc) is 2.89. The van der Waals surface area contributed by atoms with Crippen LogP contribution in [0.4, 0.5) is 11.5 Å². The van der Waals surface area contributed by atoms with Crippen LogP contribution in [0.5, 0.6) is 5.75 Å². The summed E-state index contributed by atoms with van der Waals surface area (Å²) in [6.07, 6.45) is 13.0. The van der Waals surface area contributed by atoms with Crippen LogP contribution in [-0.2, 0) is 4.74 Å². The van der Waals surface area contributed by atoms with E-state index in [1.165, 1.54) is 32.1 Å². The molecule has 2 aliphatic carbocycles. The highest BCUT2D eigenvalue weighted by atomic mass is 16.5. The lowest BCUT2D eigenvalue weighted by Crippen LogP contribution is -2.40. The molecule has 1 aliphatic heterocycles. The standard InChI is InChI=1S/C28H37N3O3/c1-20-10-15-26(29-18-20)31-16-17-33-27-24(8-5-9-25(27)31)28(32)30-22-11-13-23(14-12-22)34-19-21-6-3-2-4-7-21/h5,8-10,15,18,21-23H,2-4,6-7,11-14,16-17,19H2,1H3,(H,30,32). The SMILES string of the molecule is Cc1ccc(N2CCOc3c(C(=O)NC4CCC(OCC5CCCCC5)CC4)cccc32)nc1. The maximum absolute atomic E-state index is 13.2. The topological polar surface area (TPSA) is 63.7 Å². The van der Waals surface area contributed by atoms with Gasteiger partial charge in [0.25, 0.3) is 5.91 Å². The number of hydrogen-bond acceptors (Lipinski definition) is 5. The molecule has 0 spiro atoms. The molecule has 182 valence electrons. The summed E-state index contributed by atoms with van der Waals surface area (Å²) in [4.78, 5) is 19.9. The van der Waals surface area contributed by atoms with Crippen molar-refractivity contribution in [3.8, 4) is 5.75 Å². The van der Waals surface area contributed by atoms with E-state index in [0.717, 1.165) is 55.3 Å². The first-order valence-corrected chi connectivity index (χ1v) is 13.1. The highest BCUT2D eigenvalue weighted by Crippen LogP contribution is 2.38. The number of pyridine rings is 1. The van der Waals surface area contributed by atoms with Gasteiger partial charge in [0.15, 0.2) is 5.75 Å². The van der Waals surface area contributed by atoms with Crippen molar-refractivity contribution in [3.05, 3.63) is 47.7 Å². The summed E-state index contributed by atoms with van der Waals surface area (Å²) in [7, 11) is 0. The number of carbonyl (C=O) groups is 1. The van der Waals surface area contributed by atoms with Gasteiger partial charge in [-0.05, 0) is 75.1 Å². The Balaban J connectivity index is 1.18. The minimum atomic E-state index is -0.0536. The minimum absolute atomic E-state index is 0.0536. The number of aryl methyl sites for hydroxylation is 1. The van der Waals surface area contributed by atoms with E-state index in [9.17, 15) is 4.79 Å². The Hall–Kier alpha value is -2.60. The van der Waals surface area contributed by atoms with Gasteiger partial charge in [0.1, 0.15) is 12.4 Å². The number of hydrogen-bond donors (Lipinski definition) is 1. The van der Waals surface area contributed by atoms with Crippen molar-refractivity contribution in [2.24, 2.45) is 5.92 Å². The van der Waals surface area contributed by atoms with Gasteiger partial charge in [0.05, 0.1) is 23.9 Å². The minimum Gasteiger partial charge on any atom is -0.489 e. The molecule has 1 amide bonds. The molecule has 2 aromatic rings. The predicted octanol–water partition coefficient (Wildman–Crippen LogP) is 5.56. The van der Waals surface area contributed by atoms with Crippen LogP contribution >= 0.6 is 0 Å². The average molecular weight is 464 g/mol. The van der Waals surface area contributed by atoms with Gasteiger partial charge in [-0.2, -0.15) is 0 Å². The van der Waals surface area contributed by atoms with Crippen molar-refractivity contribution < 1.29 is 14.3 Å². The van der Waals surface area contributed by atoms with Crippen molar-refractivity contribution in [1.82, 2.24) is 10.3 Å². The fourth-order valence-electron chi connectivity index (χ4n) is 5.55. The van der Waals surface area contributed by atoms with Crippen LogP contribution in [0, 0.1) is 12.8 Å². The number of para-hydroxylation sites is 1. The lowest BCUT2D eigenvalue weighted by atomic mass is 9.89. The zero-order chi connectivity index (χ0) is 23.3. The van der Waals surface area contributed by atoms with Gasteiger partial charge in [-0.25, -0.2) is 4.98 Å². The molecule has 0 unspecified atom stereocenters. The Kier molecular flexibility index (Phi) is 7.33. The molecule has 1 N–H and O–H groups in total. The van der Waals surface area contributed by atoms with E-state index < -0.39 is 0 Å². The van der Waals surface area contributed by atoms with Crippen LogP contribution in [0.2, 0.25) is 0 Å². The van der Waals surface area contributed by atoms with E-state index in [4.69, 9.17) is 9.47 Å². The molecule has 6 nitrogen and oxygen atoms in total. The smallest absolute Gasteiger partial charge is 0.255 e. The largest absolute Gasteiger partial charge is 0.489 e. The molecular weight excluding hydrogens is 426 g/mol. The van der Waals surface area contributed by atoms with Crippen LogP contribution in [0.15, 0.2) is 36.5 Å². The van der Waals surface area contributed by atoms with Gasteiger partial charge in [-0.1, -0.05) is 31.4 Å². The number of nitrogens with zero attached hydrogens (tertiary/aromatic N) is 2. The number of carbonyl (C=O) groups excluding carboxylic acids is 1. The fourth-order valence-corrected chi connectivity index (χ4v) is 5.55. The number of fused-ring (bicyclic) bond motifs is 1. The van der Waals surface area contributed by atoms with Gasteiger partial charge in [0.2, 0.25) is 0 Å². The fraction of sp³-hybridized carbons (Fsp3) is 0.571. The third-order valence-electron chi connectivity index (χ3n) is 7.57. The van der Waals surface area contributed by atoms with E-state index >= 15 is 0 Å². The zero-order valence-corrected chi connectivity index (χ0v) is 20.3. The van der Waals surface area contributed by atoms with E-state index in [-0.39, 0.29) is 11.9 Å². The van der Waals surface area contributed by atoms with Crippen molar-refractivity contribution in [3.63, 3.8) is 0 Å². The van der Waals surface area contributed by atoms with Crippen molar-refractivity contribution in [2.45, 2.75) is 76.9 Å². The Morgan fingerprint density at radius 2 is 1.91 bits per heavy atom.